The monoisotopic (exact) mass is 384 g/mol. The van der Waals surface area contributed by atoms with Gasteiger partial charge >= 0.3 is 0 Å². The van der Waals surface area contributed by atoms with Gasteiger partial charge in [0.2, 0.25) is 11.8 Å². The fourth-order valence-electron chi connectivity index (χ4n) is 2.21. The van der Waals surface area contributed by atoms with Crippen LogP contribution in [0.3, 0.4) is 0 Å². The van der Waals surface area contributed by atoms with E-state index in [-0.39, 0.29) is 18.4 Å². The molecule has 0 aromatic heterocycles. The number of nitrogens with zero attached hydrogens (tertiary/aromatic N) is 1. The third-order valence-electron chi connectivity index (χ3n) is 3.34. The zero-order valence-corrected chi connectivity index (χ0v) is 15.3. The standard InChI is InChI=1S/C17H15Cl3N2O2/c1-10-7-12(18)4-6-16(10)22(11(2)23)9-17(24)21-15-5-3-13(19)8-14(15)20/h3-8H,9H2,1-2H3,(H,21,24). The van der Waals surface area contributed by atoms with Crippen molar-refractivity contribution in [1.82, 2.24) is 0 Å². The van der Waals surface area contributed by atoms with E-state index in [9.17, 15) is 9.59 Å². The van der Waals surface area contributed by atoms with E-state index in [4.69, 9.17) is 34.8 Å². The minimum absolute atomic E-state index is 0.142. The highest BCUT2D eigenvalue weighted by Crippen LogP contribution is 2.26. The Balaban J connectivity index is 2.18. The van der Waals surface area contributed by atoms with Crippen LogP contribution in [0.25, 0.3) is 0 Å². The van der Waals surface area contributed by atoms with E-state index in [1.54, 1.807) is 30.3 Å². The van der Waals surface area contributed by atoms with Crippen LogP contribution >= 0.6 is 34.8 Å². The quantitative estimate of drug-likeness (QED) is 0.810. The van der Waals surface area contributed by atoms with E-state index >= 15 is 0 Å². The molecule has 2 aromatic rings. The van der Waals surface area contributed by atoms with Gasteiger partial charge in [-0.1, -0.05) is 34.8 Å². The Kier molecular flexibility index (Phi) is 6.10. The number of benzene rings is 2. The highest BCUT2D eigenvalue weighted by atomic mass is 35.5. The highest BCUT2D eigenvalue weighted by molar-refractivity contribution is 6.36. The first kappa shape index (κ1) is 18.6. The zero-order chi connectivity index (χ0) is 17.9. The molecule has 24 heavy (non-hydrogen) atoms. The number of hydrogen-bond donors (Lipinski definition) is 1. The molecule has 0 heterocycles. The second-order valence-corrected chi connectivity index (χ2v) is 6.49. The molecular formula is C17H15Cl3N2O2. The normalized spacial score (nSPS) is 10.4. The maximum atomic E-state index is 12.3. The lowest BCUT2D eigenvalue weighted by Gasteiger charge is -2.23. The number of carbonyl (C=O) groups excluding carboxylic acids is 2. The molecule has 1 N–H and O–H groups in total. The Bertz CT molecular complexity index is 793. The van der Waals surface area contributed by atoms with Gasteiger partial charge in [-0.2, -0.15) is 0 Å². The van der Waals surface area contributed by atoms with Crippen LogP contribution in [0.1, 0.15) is 12.5 Å². The van der Waals surface area contributed by atoms with Crippen molar-refractivity contribution in [3.05, 3.63) is 57.0 Å². The molecule has 0 aliphatic heterocycles. The summed E-state index contributed by atoms with van der Waals surface area (Å²) >= 11 is 17.8. The number of carbonyl (C=O) groups is 2. The van der Waals surface area contributed by atoms with Crippen LogP contribution in [0.2, 0.25) is 15.1 Å². The summed E-state index contributed by atoms with van der Waals surface area (Å²) in [4.78, 5) is 25.6. The average molecular weight is 386 g/mol. The Labute approximate surface area is 155 Å². The number of amides is 2. The number of hydrogen-bond acceptors (Lipinski definition) is 2. The molecule has 0 radical (unpaired) electrons. The maximum Gasteiger partial charge on any atom is 0.244 e. The van der Waals surface area contributed by atoms with Crippen molar-refractivity contribution < 1.29 is 9.59 Å². The van der Waals surface area contributed by atoms with Gasteiger partial charge in [-0.3, -0.25) is 9.59 Å². The average Bonchev–Trinajstić information content (AvgIpc) is 2.48. The summed E-state index contributed by atoms with van der Waals surface area (Å²) in [6.45, 7) is 3.08. The summed E-state index contributed by atoms with van der Waals surface area (Å²) in [5.74, 6) is -0.624. The molecular weight excluding hydrogens is 371 g/mol. The summed E-state index contributed by atoms with van der Waals surface area (Å²) in [6.07, 6.45) is 0. The molecule has 0 spiro atoms. The lowest BCUT2D eigenvalue weighted by molar-refractivity contribution is -0.120. The molecule has 0 aliphatic carbocycles. The van der Waals surface area contributed by atoms with Crippen molar-refractivity contribution in [3.63, 3.8) is 0 Å². The molecule has 0 atom stereocenters. The van der Waals surface area contributed by atoms with Gasteiger partial charge in [0, 0.05) is 22.7 Å². The fourth-order valence-corrected chi connectivity index (χ4v) is 2.89. The summed E-state index contributed by atoms with van der Waals surface area (Å²) in [6, 6.07) is 9.88. The smallest absolute Gasteiger partial charge is 0.244 e. The summed E-state index contributed by atoms with van der Waals surface area (Å²) in [7, 11) is 0. The molecule has 0 fully saturated rings. The number of anilines is 2. The van der Waals surface area contributed by atoms with Crippen LogP contribution in [0.15, 0.2) is 36.4 Å². The minimum atomic E-state index is -0.372. The molecule has 126 valence electrons. The second kappa shape index (κ2) is 7.88. The lowest BCUT2D eigenvalue weighted by atomic mass is 10.1. The van der Waals surface area contributed by atoms with Gasteiger partial charge in [-0.25, -0.2) is 0 Å². The second-order valence-electron chi connectivity index (χ2n) is 5.21. The molecule has 2 amide bonds. The van der Waals surface area contributed by atoms with Crippen molar-refractivity contribution in [1.29, 1.82) is 0 Å². The van der Waals surface area contributed by atoms with E-state index < -0.39 is 0 Å². The van der Waals surface area contributed by atoms with Gasteiger partial charge in [0.1, 0.15) is 6.54 Å². The Hall–Kier alpha value is -1.75. The van der Waals surface area contributed by atoms with Crippen LogP contribution < -0.4 is 10.2 Å². The van der Waals surface area contributed by atoms with Crippen molar-refractivity contribution >= 4 is 58.0 Å². The number of nitrogens with one attached hydrogen (secondary N) is 1. The molecule has 0 bridgehead atoms. The predicted molar refractivity (Wildman–Crippen MR) is 99.3 cm³/mol. The van der Waals surface area contributed by atoms with Crippen LogP contribution in [-0.4, -0.2) is 18.4 Å². The number of rotatable bonds is 4. The van der Waals surface area contributed by atoms with Crippen LogP contribution in [-0.2, 0) is 9.59 Å². The maximum absolute atomic E-state index is 12.3. The highest BCUT2D eigenvalue weighted by Gasteiger charge is 2.18. The van der Waals surface area contributed by atoms with E-state index in [0.29, 0.717) is 26.4 Å². The Morgan fingerprint density at radius 3 is 2.25 bits per heavy atom. The Morgan fingerprint density at radius 1 is 1.04 bits per heavy atom. The predicted octanol–water partition coefficient (Wildman–Crippen LogP) is 4.95. The third kappa shape index (κ3) is 4.63. The molecule has 0 unspecified atom stereocenters. The minimum Gasteiger partial charge on any atom is -0.323 e. The zero-order valence-electron chi connectivity index (χ0n) is 13.1. The van der Waals surface area contributed by atoms with Gasteiger partial charge < -0.3 is 10.2 Å². The molecule has 0 saturated heterocycles. The van der Waals surface area contributed by atoms with Gasteiger partial charge in [0.05, 0.1) is 10.7 Å². The lowest BCUT2D eigenvalue weighted by Crippen LogP contribution is -2.37. The van der Waals surface area contributed by atoms with Gasteiger partial charge in [0.15, 0.2) is 0 Å². The SMILES string of the molecule is CC(=O)N(CC(=O)Nc1ccc(Cl)cc1Cl)c1ccc(Cl)cc1C. The summed E-state index contributed by atoms with van der Waals surface area (Å²) in [5, 5.41) is 4.04. The van der Waals surface area contributed by atoms with Crippen molar-refractivity contribution in [2.75, 3.05) is 16.8 Å². The summed E-state index contributed by atoms with van der Waals surface area (Å²) < 4.78 is 0. The van der Waals surface area contributed by atoms with Crippen molar-refractivity contribution in [2.24, 2.45) is 0 Å². The Morgan fingerprint density at radius 2 is 1.67 bits per heavy atom. The first-order valence-corrected chi connectivity index (χ1v) is 8.20. The van der Waals surface area contributed by atoms with Crippen LogP contribution in [0, 0.1) is 6.92 Å². The van der Waals surface area contributed by atoms with Crippen LogP contribution in [0.5, 0.6) is 0 Å². The van der Waals surface area contributed by atoms with Gasteiger partial charge in [-0.15, -0.1) is 0 Å². The molecule has 2 aromatic carbocycles. The van der Waals surface area contributed by atoms with E-state index in [1.807, 2.05) is 6.92 Å². The molecule has 4 nitrogen and oxygen atoms in total. The summed E-state index contributed by atoms with van der Waals surface area (Å²) in [5.41, 5.74) is 1.86. The van der Waals surface area contributed by atoms with Crippen LogP contribution in [0.4, 0.5) is 11.4 Å². The van der Waals surface area contributed by atoms with E-state index in [1.165, 1.54) is 17.9 Å². The molecule has 2 rings (SSSR count). The van der Waals surface area contributed by atoms with E-state index in [2.05, 4.69) is 5.32 Å². The number of aryl methyl sites for hydroxylation is 1. The molecule has 0 aliphatic rings. The third-order valence-corrected chi connectivity index (χ3v) is 4.12. The topological polar surface area (TPSA) is 49.4 Å². The van der Waals surface area contributed by atoms with Crippen molar-refractivity contribution in [2.45, 2.75) is 13.8 Å². The van der Waals surface area contributed by atoms with Crippen molar-refractivity contribution in [3.8, 4) is 0 Å². The number of halogens is 3. The fraction of sp³-hybridized carbons (Fsp3) is 0.176. The van der Waals surface area contributed by atoms with E-state index in [0.717, 1.165) is 5.56 Å². The molecule has 7 heteroatoms. The first-order valence-electron chi connectivity index (χ1n) is 7.07. The largest absolute Gasteiger partial charge is 0.323 e. The first-order chi connectivity index (χ1) is 11.3. The molecule has 0 saturated carbocycles. The van der Waals surface area contributed by atoms with Gasteiger partial charge in [-0.05, 0) is 48.9 Å². The van der Waals surface area contributed by atoms with Gasteiger partial charge in [0.25, 0.3) is 0 Å².